The van der Waals surface area contributed by atoms with Crippen molar-refractivity contribution in [3.05, 3.63) is 59.7 Å². The number of aliphatic hydroxyl groups excluding tert-OH is 1. The van der Waals surface area contributed by atoms with Crippen molar-refractivity contribution in [1.29, 1.82) is 0 Å². The zero-order valence-electron chi connectivity index (χ0n) is 12.2. The summed E-state index contributed by atoms with van der Waals surface area (Å²) < 4.78 is 5.91. The molecule has 0 saturated carbocycles. The number of aliphatic hydroxyl groups is 1. The molecule has 2 heteroatoms. The summed E-state index contributed by atoms with van der Waals surface area (Å²) in [4.78, 5) is 0. The summed E-state index contributed by atoms with van der Waals surface area (Å²) in [6.45, 7) is 4.13. The first-order valence-electron chi connectivity index (χ1n) is 7.28. The van der Waals surface area contributed by atoms with Crippen molar-refractivity contribution in [2.45, 2.75) is 39.2 Å². The second-order valence-corrected chi connectivity index (χ2v) is 4.96. The van der Waals surface area contributed by atoms with Crippen LogP contribution in [0.15, 0.2) is 48.5 Å². The van der Waals surface area contributed by atoms with Crippen LogP contribution in [-0.4, -0.2) is 5.11 Å². The molecule has 20 heavy (non-hydrogen) atoms. The van der Waals surface area contributed by atoms with Crippen molar-refractivity contribution in [2.24, 2.45) is 0 Å². The lowest BCUT2D eigenvalue weighted by Gasteiger charge is -2.14. The molecule has 2 aromatic rings. The van der Waals surface area contributed by atoms with Gasteiger partial charge in [0.2, 0.25) is 0 Å². The summed E-state index contributed by atoms with van der Waals surface area (Å²) in [5.74, 6) is 1.53. The quantitative estimate of drug-likeness (QED) is 0.811. The van der Waals surface area contributed by atoms with Gasteiger partial charge in [-0.25, -0.2) is 0 Å². The number of para-hydroxylation sites is 1. The molecule has 0 heterocycles. The van der Waals surface area contributed by atoms with Crippen LogP contribution in [0.2, 0.25) is 0 Å². The average Bonchev–Trinajstić information content (AvgIpc) is 2.49. The maximum Gasteiger partial charge on any atom is 0.133 e. The monoisotopic (exact) mass is 270 g/mol. The van der Waals surface area contributed by atoms with Gasteiger partial charge in [-0.2, -0.15) is 0 Å². The standard InChI is InChI=1S/C18H22O2/c1-3-7-14-10-12-15(13-11-14)20-18-9-6-5-8-16(18)17(19)4-2/h5-6,8-13,17,19H,3-4,7H2,1-2H3/t17-/m0/s1. The molecule has 0 spiro atoms. The van der Waals surface area contributed by atoms with Crippen LogP contribution in [0.25, 0.3) is 0 Å². The van der Waals surface area contributed by atoms with Gasteiger partial charge in [-0.05, 0) is 36.6 Å². The molecule has 2 nitrogen and oxygen atoms in total. The molecule has 0 aliphatic rings. The molecule has 0 aromatic heterocycles. The van der Waals surface area contributed by atoms with E-state index < -0.39 is 6.10 Å². The van der Waals surface area contributed by atoms with Crippen molar-refractivity contribution < 1.29 is 9.84 Å². The number of rotatable bonds is 6. The van der Waals surface area contributed by atoms with E-state index in [9.17, 15) is 5.11 Å². The van der Waals surface area contributed by atoms with Crippen molar-refractivity contribution in [3.63, 3.8) is 0 Å². The highest BCUT2D eigenvalue weighted by Crippen LogP contribution is 2.30. The lowest BCUT2D eigenvalue weighted by Crippen LogP contribution is -1.98. The molecule has 2 rings (SSSR count). The van der Waals surface area contributed by atoms with Gasteiger partial charge >= 0.3 is 0 Å². The van der Waals surface area contributed by atoms with Crippen molar-refractivity contribution in [1.82, 2.24) is 0 Å². The fourth-order valence-electron chi connectivity index (χ4n) is 2.21. The van der Waals surface area contributed by atoms with E-state index in [1.807, 2.05) is 43.3 Å². The topological polar surface area (TPSA) is 29.5 Å². The van der Waals surface area contributed by atoms with E-state index in [1.165, 1.54) is 5.56 Å². The van der Waals surface area contributed by atoms with Gasteiger partial charge in [-0.15, -0.1) is 0 Å². The highest BCUT2D eigenvalue weighted by atomic mass is 16.5. The maximum atomic E-state index is 10.0. The summed E-state index contributed by atoms with van der Waals surface area (Å²) in [7, 11) is 0. The lowest BCUT2D eigenvalue weighted by atomic mass is 10.1. The Balaban J connectivity index is 2.17. The predicted molar refractivity (Wildman–Crippen MR) is 82.2 cm³/mol. The first-order valence-corrected chi connectivity index (χ1v) is 7.28. The van der Waals surface area contributed by atoms with E-state index >= 15 is 0 Å². The molecular weight excluding hydrogens is 248 g/mol. The van der Waals surface area contributed by atoms with Gasteiger partial charge in [-0.1, -0.05) is 50.6 Å². The molecule has 0 aliphatic heterocycles. The largest absolute Gasteiger partial charge is 0.457 e. The Labute approximate surface area is 121 Å². The molecule has 0 unspecified atom stereocenters. The Hall–Kier alpha value is -1.80. The molecule has 0 amide bonds. The summed E-state index contributed by atoms with van der Waals surface area (Å²) in [6.07, 6.45) is 2.43. The third kappa shape index (κ3) is 3.61. The molecule has 2 aromatic carbocycles. The fourth-order valence-corrected chi connectivity index (χ4v) is 2.21. The number of ether oxygens (including phenoxy) is 1. The first-order chi connectivity index (χ1) is 9.74. The Morgan fingerprint density at radius 2 is 1.70 bits per heavy atom. The van der Waals surface area contributed by atoms with Crippen LogP contribution >= 0.6 is 0 Å². The van der Waals surface area contributed by atoms with Gasteiger partial charge in [0.05, 0.1) is 6.10 Å². The van der Waals surface area contributed by atoms with Crippen LogP contribution in [0.4, 0.5) is 0 Å². The van der Waals surface area contributed by atoms with Gasteiger partial charge < -0.3 is 9.84 Å². The van der Waals surface area contributed by atoms with Crippen molar-refractivity contribution in [3.8, 4) is 11.5 Å². The zero-order valence-corrected chi connectivity index (χ0v) is 12.2. The average molecular weight is 270 g/mol. The van der Waals surface area contributed by atoms with Gasteiger partial charge in [-0.3, -0.25) is 0 Å². The number of benzene rings is 2. The minimum absolute atomic E-state index is 0.481. The highest BCUT2D eigenvalue weighted by molar-refractivity contribution is 5.39. The third-order valence-corrected chi connectivity index (χ3v) is 3.35. The van der Waals surface area contributed by atoms with E-state index in [1.54, 1.807) is 0 Å². The highest BCUT2D eigenvalue weighted by Gasteiger charge is 2.11. The van der Waals surface area contributed by atoms with E-state index in [2.05, 4.69) is 19.1 Å². The third-order valence-electron chi connectivity index (χ3n) is 3.35. The molecular formula is C18H22O2. The molecule has 1 N–H and O–H groups in total. The van der Waals surface area contributed by atoms with Gasteiger partial charge in [0.25, 0.3) is 0 Å². The number of aryl methyl sites for hydroxylation is 1. The molecule has 106 valence electrons. The normalized spacial score (nSPS) is 12.2. The van der Waals surface area contributed by atoms with Crippen LogP contribution in [0, 0.1) is 0 Å². The second-order valence-electron chi connectivity index (χ2n) is 4.96. The first kappa shape index (κ1) is 14.6. The lowest BCUT2D eigenvalue weighted by molar-refractivity contribution is 0.170. The molecule has 0 bridgehead atoms. The van der Waals surface area contributed by atoms with Crippen molar-refractivity contribution in [2.75, 3.05) is 0 Å². The van der Waals surface area contributed by atoms with Crippen LogP contribution in [0.1, 0.15) is 43.9 Å². The van der Waals surface area contributed by atoms with Crippen LogP contribution in [0.5, 0.6) is 11.5 Å². The SMILES string of the molecule is CCCc1ccc(Oc2ccccc2[C@@H](O)CC)cc1. The Kier molecular flexibility index (Phi) is 5.19. The van der Waals surface area contributed by atoms with Crippen LogP contribution in [-0.2, 0) is 6.42 Å². The zero-order chi connectivity index (χ0) is 14.4. The molecule has 0 radical (unpaired) electrons. The van der Waals surface area contributed by atoms with Gasteiger partial charge in [0.1, 0.15) is 11.5 Å². The van der Waals surface area contributed by atoms with E-state index in [-0.39, 0.29) is 0 Å². The molecule has 1 atom stereocenters. The number of hydrogen-bond donors (Lipinski definition) is 1. The van der Waals surface area contributed by atoms with E-state index in [0.29, 0.717) is 6.42 Å². The second kappa shape index (κ2) is 7.11. The Morgan fingerprint density at radius 3 is 2.35 bits per heavy atom. The fraction of sp³-hybridized carbons (Fsp3) is 0.333. The summed E-state index contributed by atoms with van der Waals surface area (Å²) in [5, 5.41) is 10.0. The minimum Gasteiger partial charge on any atom is -0.457 e. The van der Waals surface area contributed by atoms with Gasteiger partial charge in [0, 0.05) is 5.56 Å². The van der Waals surface area contributed by atoms with Crippen LogP contribution < -0.4 is 4.74 Å². The Bertz CT molecular complexity index is 531. The van der Waals surface area contributed by atoms with E-state index in [4.69, 9.17) is 4.74 Å². The Morgan fingerprint density at radius 1 is 1.00 bits per heavy atom. The maximum absolute atomic E-state index is 10.0. The summed E-state index contributed by atoms with van der Waals surface area (Å²) in [6, 6.07) is 15.8. The molecule has 0 saturated heterocycles. The summed E-state index contributed by atoms with van der Waals surface area (Å²) >= 11 is 0. The van der Waals surface area contributed by atoms with Gasteiger partial charge in [0.15, 0.2) is 0 Å². The number of hydrogen-bond acceptors (Lipinski definition) is 2. The predicted octanol–water partition coefficient (Wildman–Crippen LogP) is 4.87. The molecule has 0 fully saturated rings. The molecule has 0 aliphatic carbocycles. The summed E-state index contributed by atoms with van der Waals surface area (Å²) in [5.41, 5.74) is 2.16. The minimum atomic E-state index is -0.481. The van der Waals surface area contributed by atoms with E-state index in [0.717, 1.165) is 29.9 Å². The van der Waals surface area contributed by atoms with Crippen molar-refractivity contribution >= 4 is 0 Å². The van der Waals surface area contributed by atoms with Crippen LogP contribution in [0.3, 0.4) is 0 Å². The smallest absolute Gasteiger partial charge is 0.133 e.